The summed E-state index contributed by atoms with van der Waals surface area (Å²) in [6.07, 6.45) is 4.98. The molecule has 0 bridgehead atoms. The molecule has 7 heteroatoms. The Bertz CT molecular complexity index is 768. The van der Waals surface area contributed by atoms with E-state index in [1.165, 1.54) is 16.5 Å². The van der Waals surface area contributed by atoms with Crippen LogP contribution in [0.2, 0.25) is 0 Å². The second kappa shape index (κ2) is 12.1. The maximum absolute atomic E-state index is 14.0. The van der Waals surface area contributed by atoms with Crippen LogP contribution in [-0.2, 0) is 9.59 Å². The van der Waals surface area contributed by atoms with Gasteiger partial charge in [-0.05, 0) is 36.7 Å². The number of aliphatic hydroxyl groups is 1. The predicted octanol–water partition coefficient (Wildman–Crippen LogP) is 5.00. The highest BCUT2D eigenvalue weighted by Gasteiger charge is 2.52. The van der Waals surface area contributed by atoms with Crippen LogP contribution in [0, 0.1) is 5.92 Å². The summed E-state index contributed by atoms with van der Waals surface area (Å²) >= 11 is 0. The lowest BCUT2D eigenvalue weighted by atomic mass is 9.88. The van der Waals surface area contributed by atoms with Crippen molar-refractivity contribution in [1.29, 1.82) is 0 Å². The molecule has 0 saturated carbocycles. The first-order valence-electron chi connectivity index (χ1n) is 11.4. The van der Waals surface area contributed by atoms with E-state index in [1.54, 1.807) is 6.08 Å². The van der Waals surface area contributed by atoms with Crippen molar-refractivity contribution in [2.45, 2.75) is 82.8 Å². The Morgan fingerprint density at radius 1 is 1.19 bits per heavy atom. The first-order chi connectivity index (χ1) is 15.1. The number of amides is 1. The molecule has 1 aliphatic rings. The number of benzene rings is 1. The Morgan fingerprint density at radius 2 is 1.84 bits per heavy atom. The van der Waals surface area contributed by atoms with Gasteiger partial charge in [0.25, 0.3) is 5.91 Å². The second-order valence-electron chi connectivity index (χ2n) is 8.93. The Morgan fingerprint density at radius 3 is 2.50 bits per heavy atom. The van der Waals surface area contributed by atoms with Crippen LogP contribution >= 0.6 is 0 Å². The zero-order chi connectivity index (χ0) is 23.7. The van der Waals surface area contributed by atoms with Gasteiger partial charge in [0.15, 0.2) is 0 Å². The summed E-state index contributed by atoms with van der Waals surface area (Å²) in [4.78, 5) is 23.9. The Kier molecular flexibility index (Phi) is 9.82. The molecule has 1 unspecified atom stereocenters. The van der Waals surface area contributed by atoms with Gasteiger partial charge >= 0.3 is 11.9 Å². The van der Waals surface area contributed by atoms with Gasteiger partial charge in [-0.3, -0.25) is 9.59 Å². The normalized spacial score (nSPS) is 21.1. The number of nitrogens with zero attached hydrogens (tertiary/aromatic N) is 1. The van der Waals surface area contributed by atoms with Crippen molar-refractivity contribution in [1.82, 2.24) is 4.90 Å². The van der Waals surface area contributed by atoms with Crippen molar-refractivity contribution in [3.8, 4) is 0 Å². The predicted molar refractivity (Wildman–Crippen MR) is 120 cm³/mol. The van der Waals surface area contributed by atoms with Crippen LogP contribution in [0.5, 0.6) is 0 Å². The zero-order valence-corrected chi connectivity index (χ0v) is 18.9. The largest absolute Gasteiger partial charge is 0.481 e. The van der Waals surface area contributed by atoms with Gasteiger partial charge in [-0.25, -0.2) is 0 Å². The molecule has 2 N–H and O–H groups in total. The Labute approximate surface area is 189 Å². The van der Waals surface area contributed by atoms with Crippen molar-refractivity contribution < 1.29 is 28.6 Å². The number of halogens is 2. The van der Waals surface area contributed by atoms with E-state index < -0.39 is 36.4 Å². The number of aliphatic carboxylic acids is 1. The molecule has 4 atom stereocenters. The molecule has 1 aromatic carbocycles. The maximum atomic E-state index is 14.0. The summed E-state index contributed by atoms with van der Waals surface area (Å²) in [6, 6.07) is 9.26. The van der Waals surface area contributed by atoms with Crippen LogP contribution in [0.3, 0.4) is 0 Å². The second-order valence-corrected chi connectivity index (χ2v) is 8.93. The summed E-state index contributed by atoms with van der Waals surface area (Å²) < 4.78 is 28.1. The standard InChI is InChI=1S/C25H35F2NO4/c1-18(20-10-6-5-7-11-20)16-19(2)22(29)14-13-21-17-25(26,27)24(32)28(21)15-9-4-3-8-12-23(30)31/h5-7,10-11,13-14,18-19,21-22,29H,3-4,8-9,12,15-17H2,1-2H3,(H,30,31)/b14-13+/t18?,19-,21-,22+/m0/s1. The third-order valence-corrected chi connectivity index (χ3v) is 6.19. The highest BCUT2D eigenvalue weighted by molar-refractivity contribution is 5.86. The van der Waals surface area contributed by atoms with E-state index >= 15 is 0 Å². The fraction of sp³-hybridized carbons (Fsp3) is 0.600. The Hall–Kier alpha value is -2.28. The highest BCUT2D eigenvalue weighted by atomic mass is 19.3. The summed E-state index contributed by atoms with van der Waals surface area (Å²) in [7, 11) is 0. The summed E-state index contributed by atoms with van der Waals surface area (Å²) in [5.41, 5.74) is 1.19. The number of rotatable bonds is 13. The van der Waals surface area contributed by atoms with Crippen molar-refractivity contribution in [3.63, 3.8) is 0 Å². The molecular weight excluding hydrogens is 416 g/mol. The number of hydrogen-bond donors (Lipinski definition) is 2. The fourth-order valence-corrected chi connectivity index (χ4v) is 4.22. The van der Waals surface area contributed by atoms with Gasteiger partial charge in [0.2, 0.25) is 0 Å². The fourth-order valence-electron chi connectivity index (χ4n) is 4.22. The summed E-state index contributed by atoms with van der Waals surface area (Å²) in [5.74, 6) is -5.23. The van der Waals surface area contributed by atoms with E-state index in [1.807, 2.05) is 37.3 Å². The van der Waals surface area contributed by atoms with Crippen LogP contribution in [-0.4, -0.2) is 51.6 Å². The van der Waals surface area contributed by atoms with Gasteiger partial charge in [0.1, 0.15) is 0 Å². The van der Waals surface area contributed by atoms with E-state index in [4.69, 9.17) is 5.11 Å². The third kappa shape index (κ3) is 7.69. The van der Waals surface area contributed by atoms with Crippen LogP contribution in [0.25, 0.3) is 0 Å². The van der Waals surface area contributed by atoms with E-state index in [2.05, 4.69) is 6.92 Å². The lowest BCUT2D eigenvalue weighted by molar-refractivity contribution is -0.148. The maximum Gasteiger partial charge on any atom is 0.327 e. The molecule has 1 fully saturated rings. The molecule has 1 aliphatic heterocycles. The first-order valence-corrected chi connectivity index (χ1v) is 11.4. The molecule has 178 valence electrons. The molecule has 0 aromatic heterocycles. The molecule has 1 saturated heterocycles. The monoisotopic (exact) mass is 451 g/mol. The van der Waals surface area contributed by atoms with Gasteiger partial charge in [-0.2, -0.15) is 8.78 Å². The number of alkyl halides is 2. The third-order valence-electron chi connectivity index (χ3n) is 6.19. The van der Waals surface area contributed by atoms with Gasteiger partial charge in [-0.15, -0.1) is 0 Å². The van der Waals surface area contributed by atoms with Crippen LogP contribution < -0.4 is 0 Å². The minimum atomic E-state index is -3.39. The van der Waals surface area contributed by atoms with Gasteiger partial charge in [-0.1, -0.05) is 69.2 Å². The van der Waals surface area contributed by atoms with Crippen molar-refractivity contribution in [2.24, 2.45) is 5.92 Å². The molecule has 1 heterocycles. The van der Waals surface area contributed by atoms with Gasteiger partial charge < -0.3 is 15.1 Å². The van der Waals surface area contributed by atoms with Crippen molar-refractivity contribution in [2.75, 3.05) is 6.54 Å². The SMILES string of the molecule is CC(C[C@H](C)[C@H](O)/C=C/[C@H]1CC(F)(F)C(=O)N1CCCCCCC(=O)O)c1ccccc1. The lowest BCUT2D eigenvalue weighted by Crippen LogP contribution is -2.36. The van der Waals surface area contributed by atoms with Crippen molar-refractivity contribution in [3.05, 3.63) is 48.0 Å². The van der Waals surface area contributed by atoms with E-state index in [-0.39, 0.29) is 24.8 Å². The van der Waals surface area contributed by atoms with Gasteiger partial charge in [0, 0.05) is 19.4 Å². The zero-order valence-electron chi connectivity index (χ0n) is 18.9. The minimum absolute atomic E-state index is 0.0678. The number of carboxylic acid groups (broad SMARTS) is 1. The molecule has 0 radical (unpaired) electrons. The number of likely N-dealkylation sites (tertiary alicyclic amines) is 1. The molecule has 2 rings (SSSR count). The molecule has 32 heavy (non-hydrogen) atoms. The smallest absolute Gasteiger partial charge is 0.327 e. The van der Waals surface area contributed by atoms with Crippen molar-refractivity contribution >= 4 is 11.9 Å². The van der Waals surface area contributed by atoms with Crippen LogP contribution in [0.1, 0.15) is 70.3 Å². The minimum Gasteiger partial charge on any atom is -0.481 e. The van der Waals surface area contributed by atoms with Crippen LogP contribution in [0.4, 0.5) is 8.78 Å². The molecular formula is C25H35F2NO4. The lowest BCUT2D eigenvalue weighted by Gasteiger charge is -2.23. The topological polar surface area (TPSA) is 77.8 Å². The number of hydrogen-bond acceptors (Lipinski definition) is 3. The average Bonchev–Trinajstić information content (AvgIpc) is 2.97. The molecule has 1 aromatic rings. The highest BCUT2D eigenvalue weighted by Crippen LogP contribution is 2.34. The van der Waals surface area contributed by atoms with E-state index in [0.717, 1.165) is 6.42 Å². The average molecular weight is 452 g/mol. The molecule has 0 aliphatic carbocycles. The summed E-state index contributed by atoms with van der Waals surface area (Å²) in [5, 5.41) is 19.2. The van der Waals surface area contributed by atoms with Gasteiger partial charge in [0.05, 0.1) is 12.1 Å². The van der Waals surface area contributed by atoms with E-state index in [0.29, 0.717) is 25.7 Å². The Balaban J connectivity index is 1.89. The summed E-state index contributed by atoms with van der Waals surface area (Å²) in [6.45, 7) is 4.22. The number of unbranched alkanes of at least 4 members (excludes halogenated alkanes) is 3. The van der Waals surface area contributed by atoms with Crippen LogP contribution in [0.15, 0.2) is 42.5 Å². The molecule has 0 spiro atoms. The first kappa shape index (κ1) is 26.0. The molecule has 1 amide bonds. The number of carbonyl (C=O) groups excluding carboxylic acids is 1. The molecule has 5 nitrogen and oxygen atoms in total. The quantitative estimate of drug-likeness (QED) is 0.327. The van der Waals surface area contributed by atoms with E-state index in [9.17, 15) is 23.5 Å². The number of aliphatic hydroxyl groups excluding tert-OH is 1. The number of carboxylic acids is 1. The number of carbonyl (C=O) groups is 2.